The highest BCUT2D eigenvalue weighted by Gasteiger charge is 2.09. The SMILES string of the molecule is Oc1cccc(Sc2ccc3c(c2)CCCC3)c1. The Bertz CT molecular complexity index is 563. The van der Waals surface area contributed by atoms with E-state index in [-0.39, 0.29) is 0 Å². The number of phenols is 1. The number of aryl methyl sites for hydroxylation is 2. The van der Waals surface area contributed by atoms with E-state index in [4.69, 9.17) is 0 Å². The van der Waals surface area contributed by atoms with Crippen LogP contribution in [0.15, 0.2) is 52.3 Å². The van der Waals surface area contributed by atoms with Crippen LogP contribution < -0.4 is 0 Å². The van der Waals surface area contributed by atoms with Crippen molar-refractivity contribution in [2.24, 2.45) is 0 Å². The minimum atomic E-state index is 0.331. The van der Waals surface area contributed by atoms with Crippen molar-refractivity contribution in [2.45, 2.75) is 35.5 Å². The molecule has 0 bridgehead atoms. The van der Waals surface area contributed by atoms with Gasteiger partial charge in [0.05, 0.1) is 0 Å². The molecule has 18 heavy (non-hydrogen) atoms. The van der Waals surface area contributed by atoms with E-state index < -0.39 is 0 Å². The third kappa shape index (κ3) is 2.54. The molecule has 0 aliphatic heterocycles. The molecule has 2 aromatic rings. The minimum absolute atomic E-state index is 0.331. The summed E-state index contributed by atoms with van der Waals surface area (Å²) in [5, 5.41) is 9.47. The number of fused-ring (bicyclic) bond motifs is 1. The maximum absolute atomic E-state index is 9.47. The Morgan fingerprint density at radius 3 is 2.44 bits per heavy atom. The van der Waals surface area contributed by atoms with Gasteiger partial charge in [-0.1, -0.05) is 23.9 Å². The monoisotopic (exact) mass is 256 g/mol. The molecule has 1 aliphatic rings. The van der Waals surface area contributed by atoms with Gasteiger partial charge in [-0.2, -0.15) is 0 Å². The van der Waals surface area contributed by atoms with Crippen LogP contribution in [0.1, 0.15) is 24.0 Å². The summed E-state index contributed by atoms with van der Waals surface area (Å²) in [6.07, 6.45) is 5.08. The zero-order valence-electron chi connectivity index (χ0n) is 10.2. The van der Waals surface area contributed by atoms with Gasteiger partial charge in [0.2, 0.25) is 0 Å². The molecule has 0 heterocycles. The number of rotatable bonds is 2. The summed E-state index contributed by atoms with van der Waals surface area (Å²) in [6, 6.07) is 14.2. The van der Waals surface area contributed by atoms with Crippen LogP contribution in [0.3, 0.4) is 0 Å². The average Bonchev–Trinajstić information content (AvgIpc) is 2.39. The van der Waals surface area contributed by atoms with Crippen molar-refractivity contribution in [3.05, 3.63) is 53.6 Å². The normalized spacial score (nSPS) is 14.2. The fraction of sp³-hybridized carbons (Fsp3) is 0.250. The van der Waals surface area contributed by atoms with Crippen LogP contribution in [-0.2, 0) is 12.8 Å². The molecule has 1 nitrogen and oxygen atoms in total. The lowest BCUT2D eigenvalue weighted by atomic mass is 9.92. The van der Waals surface area contributed by atoms with Crippen molar-refractivity contribution in [3.8, 4) is 5.75 Å². The lowest BCUT2D eigenvalue weighted by Gasteiger charge is -2.16. The molecule has 0 saturated carbocycles. The topological polar surface area (TPSA) is 20.2 Å². The van der Waals surface area contributed by atoms with Crippen molar-refractivity contribution in [3.63, 3.8) is 0 Å². The lowest BCUT2D eigenvalue weighted by molar-refractivity contribution is 0.474. The van der Waals surface area contributed by atoms with E-state index in [1.165, 1.54) is 41.7 Å². The van der Waals surface area contributed by atoms with Gasteiger partial charge in [-0.15, -0.1) is 0 Å². The van der Waals surface area contributed by atoms with Gasteiger partial charge in [0.15, 0.2) is 0 Å². The second kappa shape index (κ2) is 5.07. The van der Waals surface area contributed by atoms with E-state index in [0.29, 0.717) is 5.75 Å². The highest BCUT2D eigenvalue weighted by Crippen LogP contribution is 2.32. The van der Waals surface area contributed by atoms with Crippen LogP contribution in [0.25, 0.3) is 0 Å². The molecule has 0 fully saturated rings. The molecule has 3 rings (SSSR count). The largest absolute Gasteiger partial charge is 0.508 e. The second-order valence-electron chi connectivity index (χ2n) is 4.74. The Morgan fingerprint density at radius 1 is 0.833 bits per heavy atom. The van der Waals surface area contributed by atoms with E-state index >= 15 is 0 Å². The third-order valence-electron chi connectivity index (χ3n) is 3.37. The average molecular weight is 256 g/mol. The zero-order valence-corrected chi connectivity index (χ0v) is 11.0. The molecule has 0 radical (unpaired) electrons. The summed E-state index contributed by atoms with van der Waals surface area (Å²) in [5.74, 6) is 0.331. The van der Waals surface area contributed by atoms with E-state index in [1.54, 1.807) is 17.8 Å². The highest BCUT2D eigenvalue weighted by atomic mass is 32.2. The van der Waals surface area contributed by atoms with Crippen LogP contribution in [0, 0.1) is 0 Å². The summed E-state index contributed by atoms with van der Waals surface area (Å²) in [5.41, 5.74) is 3.02. The molecule has 1 N–H and O–H groups in total. The molecule has 0 saturated heterocycles. The Balaban J connectivity index is 1.85. The van der Waals surface area contributed by atoms with Gasteiger partial charge in [-0.25, -0.2) is 0 Å². The summed E-state index contributed by atoms with van der Waals surface area (Å²) in [4.78, 5) is 2.35. The third-order valence-corrected chi connectivity index (χ3v) is 4.35. The van der Waals surface area contributed by atoms with Gasteiger partial charge >= 0.3 is 0 Å². The lowest BCUT2D eigenvalue weighted by Crippen LogP contribution is -2.01. The van der Waals surface area contributed by atoms with Crippen LogP contribution in [0.2, 0.25) is 0 Å². The van der Waals surface area contributed by atoms with E-state index in [2.05, 4.69) is 18.2 Å². The van der Waals surface area contributed by atoms with E-state index in [0.717, 1.165) is 4.90 Å². The van der Waals surface area contributed by atoms with Crippen LogP contribution in [0.5, 0.6) is 5.75 Å². The molecule has 1 aliphatic carbocycles. The number of aromatic hydroxyl groups is 1. The quantitative estimate of drug-likeness (QED) is 0.858. The first-order valence-electron chi connectivity index (χ1n) is 6.40. The number of phenolic OH excluding ortho intramolecular Hbond substituents is 1. The van der Waals surface area contributed by atoms with E-state index in [9.17, 15) is 5.11 Å². The van der Waals surface area contributed by atoms with Gasteiger partial charge in [-0.05, 0) is 67.1 Å². The molecule has 0 unspecified atom stereocenters. The summed E-state index contributed by atoms with van der Waals surface area (Å²) in [6.45, 7) is 0. The molecule has 0 aromatic heterocycles. The maximum atomic E-state index is 9.47. The Labute approximate surface area is 112 Å². The van der Waals surface area contributed by atoms with Crippen molar-refractivity contribution >= 4 is 11.8 Å². The van der Waals surface area contributed by atoms with Crippen molar-refractivity contribution in [1.82, 2.24) is 0 Å². The Kier molecular flexibility index (Phi) is 3.28. The smallest absolute Gasteiger partial charge is 0.116 e. The van der Waals surface area contributed by atoms with Gasteiger partial charge in [0.1, 0.15) is 5.75 Å². The summed E-state index contributed by atoms with van der Waals surface area (Å²) in [7, 11) is 0. The Morgan fingerprint density at radius 2 is 1.61 bits per heavy atom. The molecular formula is C16H16OS. The van der Waals surface area contributed by atoms with Gasteiger partial charge in [0, 0.05) is 9.79 Å². The molecule has 92 valence electrons. The van der Waals surface area contributed by atoms with Gasteiger partial charge in [0.25, 0.3) is 0 Å². The van der Waals surface area contributed by atoms with Crippen molar-refractivity contribution in [2.75, 3.05) is 0 Å². The Hall–Kier alpha value is -1.41. The van der Waals surface area contributed by atoms with E-state index in [1.807, 2.05) is 18.2 Å². The fourth-order valence-electron chi connectivity index (χ4n) is 2.46. The molecule has 0 atom stereocenters. The fourth-order valence-corrected chi connectivity index (χ4v) is 3.39. The van der Waals surface area contributed by atoms with Crippen LogP contribution >= 0.6 is 11.8 Å². The standard InChI is InChI=1S/C16H16OS/c17-14-6-3-7-15(11-14)18-16-9-8-12-4-1-2-5-13(12)10-16/h3,6-11,17H,1-2,4-5H2. The van der Waals surface area contributed by atoms with Crippen LogP contribution in [-0.4, -0.2) is 5.11 Å². The summed E-state index contributed by atoms with van der Waals surface area (Å²) < 4.78 is 0. The second-order valence-corrected chi connectivity index (χ2v) is 5.88. The molecule has 2 aromatic carbocycles. The molecule has 0 amide bonds. The molecular weight excluding hydrogens is 240 g/mol. The predicted octanol–water partition coefficient (Wildman–Crippen LogP) is 4.42. The summed E-state index contributed by atoms with van der Waals surface area (Å²) >= 11 is 1.71. The minimum Gasteiger partial charge on any atom is -0.508 e. The number of hydrogen-bond acceptors (Lipinski definition) is 2. The van der Waals surface area contributed by atoms with Gasteiger partial charge < -0.3 is 5.11 Å². The first kappa shape index (κ1) is 11.7. The molecule has 0 spiro atoms. The van der Waals surface area contributed by atoms with Crippen molar-refractivity contribution in [1.29, 1.82) is 0 Å². The van der Waals surface area contributed by atoms with Crippen LogP contribution in [0.4, 0.5) is 0 Å². The highest BCUT2D eigenvalue weighted by molar-refractivity contribution is 7.99. The first-order chi connectivity index (χ1) is 8.81. The number of benzene rings is 2. The van der Waals surface area contributed by atoms with Crippen molar-refractivity contribution < 1.29 is 5.11 Å². The zero-order chi connectivity index (χ0) is 12.4. The molecule has 2 heteroatoms. The van der Waals surface area contributed by atoms with Gasteiger partial charge in [-0.3, -0.25) is 0 Å². The predicted molar refractivity (Wildman–Crippen MR) is 75.3 cm³/mol. The first-order valence-corrected chi connectivity index (χ1v) is 7.21. The number of hydrogen-bond donors (Lipinski definition) is 1. The maximum Gasteiger partial charge on any atom is 0.116 e.